The molecule has 1 aromatic heterocycles. The van der Waals surface area contributed by atoms with Crippen molar-refractivity contribution in [2.75, 3.05) is 7.05 Å². The predicted molar refractivity (Wildman–Crippen MR) is 115 cm³/mol. The molecule has 0 bridgehead atoms. The number of aromatic amines is 1. The van der Waals surface area contributed by atoms with E-state index in [9.17, 15) is 13.2 Å². The average molecular weight is 407 g/mol. The topological polar surface area (TPSA) is 40.7 Å². The third kappa shape index (κ3) is 4.28. The minimum absolute atomic E-state index is 0.644. The van der Waals surface area contributed by atoms with Crippen LogP contribution in [0.1, 0.15) is 22.5 Å². The zero-order valence-corrected chi connectivity index (χ0v) is 16.3. The van der Waals surface area contributed by atoms with Crippen molar-refractivity contribution in [1.82, 2.24) is 15.3 Å². The Labute approximate surface area is 172 Å². The SMILES string of the molecule is CNCc1ccccc1-c1ccc2[nH]c(/C=C/c3ccc(C(F)(F)F)cc3)nc2c1. The number of imidazole rings is 1. The molecule has 0 aliphatic heterocycles. The molecule has 0 radical (unpaired) electrons. The number of H-pyrrole nitrogens is 1. The van der Waals surface area contributed by atoms with Crippen molar-refractivity contribution in [3.63, 3.8) is 0 Å². The molecule has 30 heavy (non-hydrogen) atoms. The van der Waals surface area contributed by atoms with Crippen LogP contribution in [0.5, 0.6) is 0 Å². The van der Waals surface area contributed by atoms with Crippen LogP contribution in [-0.4, -0.2) is 17.0 Å². The number of nitrogens with one attached hydrogen (secondary N) is 2. The first-order valence-electron chi connectivity index (χ1n) is 9.52. The summed E-state index contributed by atoms with van der Waals surface area (Å²) in [5, 5.41) is 3.19. The standard InChI is InChI=1S/C24H20F3N3/c1-28-15-18-4-2-3-5-20(18)17-9-12-21-22(14-17)30-23(29-21)13-8-16-6-10-19(11-7-16)24(25,26)27/h2-14,28H,15H2,1H3,(H,29,30)/b13-8+. The van der Waals surface area contributed by atoms with Gasteiger partial charge in [0.1, 0.15) is 5.82 Å². The zero-order valence-electron chi connectivity index (χ0n) is 16.3. The van der Waals surface area contributed by atoms with Crippen LogP contribution in [0.3, 0.4) is 0 Å². The summed E-state index contributed by atoms with van der Waals surface area (Å²) in [7, 11) is 1.92. The molecule has 0 aliphatic carbocycles. The normalized spacial score (nSPS) is 12.1. The van der Waals surface area contributed by atoms with E-state index in [0.29, 0.717) is 11.4 Å². The van der Waals surface area contributed by atoms with Gasteiger partial charge in [0.2, 0.25) is 0 Å². The molecule has 0 saturated carbocycles. The Morgan fingerprint density at radius 3 is 2.47 bits per heavy atom. The lowest BCUT2D eigenvalue weighted by molar-refractivity contribution is -0.137. The van der Waals surface area contributed by atoms with Gasteiger partial charge in [-0.25, -0.2) is 4.98 Å². The van der Waals surface area contributed by atoms with Crippen molar-refractivity contribution in [2.45, 2.75) is 12.7 Å². The van der Waals surface area contributed by atoms with E-state index >= 15 is 0 Å². The molecule has 0 atom stereocenters. The minimum Gasteiger partial charge on any atom is -0.338 e. The molecule has 0 spiro atoms. The monoisotopic (exact) mass is 407 g/mol. The molecule has 0 unspecified atom stereocenters. The fraction of sp³-hybridized carbons (Fsp3) is 0.125. The van der Waals surface area contributed by atoms with Crippen LogP contribution >= 0.6 is 0 Å². The van der Waals surface area contributed by atoms with E-state index < -0.39 is 11.7 Å². The number of aromatic nitrogens is 2. The second-order valence-corrected chi connectivity index (χ2v) is 6.99. The summed E-state index contributed by atoms with van der Waals surface area (Å²) in [5.74, 6) is 0.644. The van der Waals surface area contributed by atoms with E-state index in [2.05, 4.69) is 33.5 Å². The quantitative estimate of drug-likeness (QED) is 0.417. The highest BCUT2D eigenvalue weighted by atomic mass is 19.4. The highest BCUT2D eigenvalue weighted by Gasteiger charge is 2.29. The molecule has 4 rings (SSSR count). The van der Waals surface area contributed by atoms with Gasteiger partial charge < -0.3 is 10.3 Å². The summed E-state index contributed by atoms with van der Waals surface area (Å²) in [5.41, 5.74) is 5.18. The second kappa shape index (κ2) is 8.16. The van der Waals surface area contributed by atoms with Crippen molar-refractivity contribution in [3.05, 3.63) is 89.2 Å². The number of benzene rings is 3. The highest BCUT2D eigenvalue weighted by molar-refractivity contribution is 5.84. The molecule has 0 fully saturated rings. The smallest absolute Gasteiger partial charge is 0.338 e. The molecule has 1 heterocycles. The lowest BCUT2D eigenvalue weighted by Crippen LogP contribution is -2.06. The predicted octanol–water partition coefficient (Wildman–Crippen LogP) is 6.14. The van der Waals surface area contributed by atoms with Crippen LogP contribution in [0.2, 0.25) is 0 Å². The summed E-state index contributed by atoms with van der Waals surface area (Å²) >= 11 is 0. The zero-order chi connectivity index (χ0) is 21.1. The number of hydrogen-bond donors (Lipinski definition) is 2. The van der Waals surface area contributed by atoms with Crippen LogP contribution in [0.25, 0.3) is 34.3 Å². The lowest BCUT2D eigenvalue weighted by atomic mass is 9.99. The molecule has 2 N–H and O–H groups in total. The van der Waals surface area contributed by atoms with Crippen LogP contribution < -0.4 is 5.32 Å². The maximum atomic E-state index is 12.7. The van der Waals surface area contributed by atoms with Crippen molar-refractivity contribution in [3.8, 4) is 11.1 Å². The van der Waals surface area contributed by atoms with Gasteiger partial charge in [0.05, 0.1) is 16.6 Å². The van der Waals surface area contributed by atoms with Crippen molar-refractivity contribution >= 4 is 23.2 Å². The second-order valence-electron chi connectivity index (χ2n) is 6.99. The Balaban J connectivity index is 1.59. The average Bonchev–Trinajstić information content (AvgIpc) is 3.15. The molecular formula is C24H20F3N3. The van der Waals surface area contributed by atoms with E-state index in [1.165, 1.54) is 17.7 Å². The maximum absolute atomic E-state index is 12.7. The fourth-order valence-electron chi connectivity index (χ4n) is 3.38. The van der Waals surface area contributed by atoms with Gasteiger partial charge in [-0.1, -0.05) is 48.5 Å². The summed E-state index contributed by atoms with van der Waals surface area (Å²) in [6.45, 7) is 0.774. The molecule has 6 heteroatoms. The van der Waals surface area contributed by atoms with Gasteiger partial charge >= 0.3 is 6.18 Å². The van der Waals surface area contributed by atoms with Crippen LogP contribution in [0, 0.1) is 0 Å². The number of nitrogens with zero attached hydrogens (tertiary/aromatic N) is 1. The Morgan fingerprint density at radius 2 is 1.73 bits per heavy atom. The fourth-order valence-corrected chi connectivity index (χ4v) is 3.38. The van der Waals surface area contributed by atoms with Gasteiger partial charge in [-0.05, 0) is 59.6 Å². The van der Waals surface area contributed by atoms with Crippen LogP contribution in [0.4, 0.5) is 13.2 Å². The van der Waals surface area contributed by atoms with Gasteiger partial charge in [-0.2, -0.15) is 13.2 Å². The summed E-state index contributed by atoms with van der Waals surface area (Å²) in [4.78, 5) is 7.84. The number of rotatable bonds is 5. The third-order valence-corrected chi connectivity index (χ3v) is 4.87. The number of alkyl halides is 3. The van der Waals surface area contributed by atoms with Gasteiger partial charge in [0, 0.05) is 6.54 Å². The number of fused-ring (bicyclic) bond motifs is 1. The van der Waals surface area contributed by atoms with Crippen molar-refractivity contribution < 1.29 is 13.2 Å². The summed E-state index contributed by atoms with van der Waals surface area (Å²) in [6, 6.07) is 19.3. The van der Waals surface area contributed by atoms with Gasteiger partial charge in [0.15, 0.2) is 0 Å². The summed E-state index contributed by atoms with van der Waals surface area (Å²) < 4.78 is 38.0. The van der Waals surface area contributed by atoms with Crippen molar-refractivity contribution in [2.24, 2.45) is 0 Å². The molecule has 0 amide bonds. The largest absolute Gasteiger partial charge is 0.416 e. The molecule has 0 aliphatic rings. The van der Waals surface area contributed by atoms with E-state index in [0.717, 1.165) is 40.8 Å². The number of halogens is 3. The van der Waals surface area contributed by atoms with Gasteiger partial charge in [0.25, 0.3) is 0 Å². The Hall–Kier alpha value is -3.38. The molecule has 0 saturated heterocycles. The molecule has 3 aromatic carbocycles. The first-order chi connectivity index (χ1) is 14.4. The third-order valence-electron chi connectivity index (χ3n) is 4.87. The molecule has 152 valence electrons. The Morgan fingerprint density at radius 1 is 0.967 bits per heavy atom. The van der Waals surface area contributed by atoms with Gasteiger partial charge in [-0.3, -0.25) is 0 Å². The Kier molecular flexibility index (Phi) is 5.42. The maximum Gasteiger partial charge on any atom is 0.416 e. The highest BCUT2D eigenvalue weighted by Crippen LogP contribution is 2.29. The first-order valence-corrected chi connectivity index (χ1v) is 9.52. The Bertz CT molecular complexity index is 1190. The van der Waals surface area contributed by atoms with Gasteiger partial charge in [-0.15, -0.1) is 0 Å². The molecule has 3 nitrogen and oxygen atoms in total. The molecule has 4 aromatic rings. The van der Waals surface area contributed by atoms with E-state index in [-0.39, 0.29) is 0 Å². The van der Waals surface area contributed by atoms with Crippen LogP contribution in [0.15, 0.2) is 66.7 Å². The lowest BCUT2D eigenvalue weighted by Gasteiger charge is -2.09. The van der Waals surface area contributed by atoms with E-state index in [1.54, 1.807) is 12.2 Å². The summed E-state index contributed by atoms with van der Waals surface area (Å²) in [6.07, 6.45) is -0.831. The van der Waals surface area contributed by atoms with Crippen LogP contribution in [-0.2, 0) is 12.7 Å². The van der Waals surface area contributed by atoms with E-state index in [1.807, 2.05) is 31.3 Å². The molecular weight excluding hydrogens is 387 g/mol. The van der Waals surface area contributed by atoms with Crippen molar-refractivity contribution in [1.29, 1.82) is 0 Å². The first kappa shape index (κ1) is 19.9. The number of hydrogen-bond acceptors (Lipinski definition) is 2. The minimum atomic E-state index is -4.33. The van der Waals surface area contributed by atoms with E-state index in [4.69, 9.17) is 0 Å².